The van der Waals surface area contributed by atoms with Crippen LogP contribution in [0.3, 0.4) is 0 Å². The molecule has 0 amide bonds. The van der Waals surface area contributed by atoms with E-state index in [1.54, 1.807) is 0 Å². The highest BCUT2D eigenvalue weighted by molar-refractivity contribution is 7.71. The zero-order chi connectivity index (χ0) is 17.4. The largest absolute Gasteiger partial charge is 0.347 e. The zero-order valence-electron chi connectivity index (χ0n) is 14.7. The number of nitrogens with zero attached hydrogens (tertiary/aromatic N) is 4. The minimum Gasteiger partial charge on any atom is -0.347 e. The van der Waals surface area contributed by atoms with Crippen molar-refractivity contribution in [3.63, 3.8) is 0 Å². The Balaban J connectivity index is 1.75. The van der Waals surface area contributed by atoms with Crippen LogP contribution < -0.4 is 0 Å². The second kappa shape index (κ2) is 6.59. The maximum Gasteiger partial charge on any atom is 0.216 e. The third-order valence-electron chi connectivity index (χ3n) is 5.40. The van der Waals surface area contributed by atoms with Crippen LogP contribution in [-0.2, 0) is 7.05 Å². The lowest BCUT2D eigenvalue weighted by Crippen LogP contribution is -2.10. The van der Waals surface area contributed by atoms with Crippen molar-refractivity contribution in [2.24, 2.45) is 12.1 Å². The Hall–Kier alpha value is -2.21. The summed E-state index contributed by atoms with van der Waals surface area (Å²) in [5.74, 6) is 1.42. The van der Waals surface area contributed by atoms with Crippen molar-refractivity contribution < 1.29 is 0 Å². The Morgan fingerprint density at radius 1 is 1.24 bits per heavy atom. The molecule has 130 valence electrons. The van der Waals surface area contributed by atoms with Crippen LogP contribution in [0.25, 0.3) is 10.9 Å². The van der Waals surface area contributed by atoms with Crippen LogP contribution >= 0.6 is 12.2 Å². The van der Waals surface area contributed by atoms with E-state index in [9.17, 15) is 0 Å². The molecule has 1 fully saturated rings. The fourth-order valence-electron chi connectivity index (χ4n) is 3.87. The number of benzene rings is 1. The highest BCUT2D eigenvalue weighted by atomic mass is 32.1. The number of rotatable bonds is 3. The molecular formula is C19H23N5S. The molecule has 0 spiro atoms. The third-order valence-corrected chi connectivity index (χ3v) is 5.66. The minimum absolute atomic E-state index is 0.451. The molecule has 0 saturated heterocycles. The second-order valence-corrected chi connectivity index (χ2v) is 7.24. The molecule has 2 heterocycles. The maximum atomic E-state index is 5.42. The first-order valence-electron chi connectivity index (χ1n) is 8.92. The van der Waals surface area contributed by atoms with Crippen LogP contribution in [0, 0.1) is 11.7 Å². The fourth-order valence-corrected chi connectivity index (χ4v) is 4.06. The van der Waals surface area contributed by atoms with Crippen molar-refractivity contribution in [1.82, 2.24) is 19.4 Å². The number of aromatic nitrogens is 4. The first kappa shape index (κ1) is 16.3. The van der Waals surface area contributed by atoms with Gasteiger partial charge in [-0.25, -0.2) is 0 Å². The fraction of sp³-hybridized carbons (Fsp3) is 0.421. The standard InChI is InChI=1S/C19H23N5S/c1-13-16(15-10-6-7-11-17(15)23(13)2)12-20-24-18(21-22-19(24)25)14-8-4-3-5-9-14/h6-7,10-12,14H,3-5,8-9H2,1-2H3,(H,22,25)/b20-12-. The molecule has 1 saturated carbocycles. The van der Waals surface area contributed by atoms with Gasteiger partial charge in [0.1, 0.15) is 0 Å². The molecule has 1 N–H and O–H groups in total. The minimum atomic E-state index is 0.451. The molecule has 5 nitrogen and oxygen atoms in total. The first-order valence-corrected chi connectivity index (χ1v) is 9.33. The number of hydrogen-bond acceptors (Lipinski definition) is 3. The maximum absolute atomic E-state index is 5.42. The highest BCUT2D eigenvalue weighted by Crippen LogP contribution is 2.31. The molecular weight excluding hydrogens is 330 g/mol. The van der Waals surface area contributed by atoms with Gasteiger partial charge in [-0.2, -0.15) is 14.9 Å². The zero-order valence-corrected chi connectivity index (χ0v) is 15.5. The summed E-state index contributed by atoms with van der Waals surface area (Å²) in [6.45, 7) is 2.12. The van der Waals surface area contributed by atoms with Gasteiger partial charge >= 0.3 is 0 Å². The van der Waals surface area contributed by atoms with E-state index in [1.807, 2.05) is 10.9 Å². The van der Waals surface area contributed by atoms with Crippen molar-refractivity contribution in [2.75, 3.05) is 0 Å². The van der Waals surface area contributed by atoms with Gasteiger partial charge in [-0.3, -0.25) is 5.10 Å². The summed E-state index contributed by atoms with van der Waals surface area (Å²) in [7, 11) is 2.09. The highest BCUT2D eigenvalue weighted by Gasteiger charge is 2.21. The number of aryl methyl sites for hydroxylation is 1. The molecule has 1 aliphatic carbocycles. The Bertz CT molecular complexity index is 985. The number of nitrogens with one attached hydrogen (secondary N) is 1. The molecule has 0 radical (unpaired) electrons. The average Bonchev–Trinajstić information content (AvgIpc) is 3.13. The lowest BCUT2D eigenvalue weighted by molar-refractivity contribution is 0.419. The molecule has 6 heteroatoms. The van der Waals surface area contributed by atoms with Gasteiger partial charge in [0.05, 0.1) is 6.21 Å². The Morgan fingerprint density at radius 3 is 2.80 bits per heavy atom. The van der Waals surface area contributed by atoms with Crippen LogP contribution in [0.5, 0.6) is 0 Å². The number of hydrogen-bond donors (Lipinski definition) is 1. The van der Waals surface area contributed by atoms with Gasteiger partial charge in [-0.15, -0.1) is 0 Å². The number of H-pyrrole nitrogens is 1. The van der Waals surface area contributed by atoms with E-state index in [4.69, 9.17) is 17.3 Å². The molecule has 0 unspecified atom stereocenters. The van der Waals surface area contributed by atoms with Crippen molar-refractivity contribution in [1.29, 1.82) is 0 Å². The van der Waals surface area contributed by atoms with Crippen LogP contribution in [-0.4, -0.2) is 25.7 Å². The van der Waals surface area contributed by atoms with E-state index >= 15 is 0 Å². The summed E-state index contributed by atoms with van der Waals surface area (Å²) in [5, 5.41) is 13.3. The van der Waals surface area contributed by atoms with Gasteiger partial charge in [0.2, 0.25) is 4.77 Å². The summed E-state index contributed by atoms with van der Waals surface area (Å²) in [5.41, 5.74) is 3.54. The van der Waals surface area contributed by atoms with Crippen LogP contribution in [0.2, 0.25) is 0 Å². The van der Waals surface area contributed by atoms with Crippen LogP contribution in [0.4, 0.5) is 0 Å². The van der Waals surface area contributed by atoms with Crippen molar-refractivity contribution in [3.05, 3.63) is 46.1 Å². The summed E-state index contributed by atoms with van der Waals surface area (Å²) in [4.78, 5) is 0. The lowest BCUT2D eigenvalue weighted by Gasteiger charge is -2.19. The smallest absolute Gasteiger partial charge is 0.216 e. The molecule has 0 bridgehead atoms. The molecule has 2 aromatic heterocycles. The molecule has 25 heavy (non-hydrogen) atoms. The quantitative estimate of drug-likeness (QED) is 0.549. The van der Waals surface area contributed by atoms with Gasteiger partial charge in [0, 0.05) is 35.1 Å². The van der Waals surface area contributed by atoms with Gasteiger partial charge in [0.25, 0.3) is 0 Å². The van der Waals surface area contributed by atoms with E-state index in [0.29, 0.717) is 10.7 Å². The van der Waals surface area contributed by atoms with Crippen molar-refractivity contribution in [2.45, 2.75) is 44.9 Å². The summed E-state index contributed by atoms with van der Waals surface area (Å²) < 4.78 is 4.58. The predicted octanol–water partition coefficient (Wildman–Crippen LogP) is 4.67. The Kier molecular flexibility index (Phi) is 4.29. The number of aromatic amines is 1. The molecule has 0 aliphatic heterocycles. The van der Waals surface area contributed by atoms with Crippen molar-refractivity contribution >= 4 is 29.3 Å². The van der Waals surface area contributed by atoms with Gasteiger partial charge < -0.3 is 4.57 Å². The van der Waals surface area contributed by atoms with Crippen molar-refractivity contribution in [3.8, 4) is 0 Å². The third kappa shape index (κ3) is 2.84. The van der Waals surface area contributed by atoms with E-state index in [2.05, 4.69) is 53.0 Å². The van der Waals surface area contributed by atoms with Crippen LogP contribution in [0.15, 0.2) is 29.4 Å². The Labute approximate surface area is 152 Å². The van der Waals surface area contributed by atoms with E-state index in [1.165, 1.54) is 48.7 Å². The lowest BCUT2D eigenvalue weighted by atomic mass is 9.89. The van der Waals surface area contributed by atoms with E-state index in [-0.39, 0.29) is 0 Å². The normalized spacial score (nSPS) is 16.2. The van der Waals surface area contributed by atoms with Gasteiger partial charge in [-0.05, 0) is 38.0 Å². The summed E-state index contributed by atoms with van der Waals surface area (Å²) in [6, 6.07) is 8.41. The molecule has 1 aliphatic rings. The monoisotopic (exact) mass is 353 g/mol. The average molecular weight is 353 g/mol. The second-order valence-electron chi connectivity index (χ2n) is 6.85. The summed E-state index contributed by atoms with van der Waals surface area (Å²) >= 11 is 5.42. The number of para-hydroxylation sites is 1. The first-order chi connectivity index (χ1) is 12.2. The predicted molar refractivity (Wildman–Crippen MR) is 104 cm³/mol. The van der Waals surface area contributed by atoms with Gasteiger partial charge in [0.15, 0.2) is 5.82 Å². The van der Waals surface area contributed by atoms with E-state index in [0.717, 1.165) is 11.4 Å². The molecule has 4 rings (SSSR count). The summed E-state index contributed by atoms with van der Waals surface area (Å²) in [6.07, 6.45) is 8.10. The molecule has 0 atom stereocenters. The van der Waals surface area contributed by atoms with E-state index < -0.39 is 0 Å². The van der Waals surface area contributed by atoms with Gasteiger partial charge in [-0.1, -0.05) is 37.5 Å². The molecule has 3 aromatic rings. The SMILES string of the molecule is Cc1c(/C=N\n2c(C3CCCCC3)n[nH]c2=S)c2ccccc2n1C. The number of fused-ring (bicyclic) bond motifs is 1. The Morgan fingerprint density at radius 2 is 2.00 bits per heavy atom. The van der Waals surface area contributed by atoms with Crippen LogP contribution in [0.1, 0.15) is 55.1 Å². The molecule has 1 aromatic carbocycles. The topological polar surface area (TPSA) is 50.9 Å².